The zero-order valence-corrected chi connectivity index (χ0v) is 13.4. The van der Waals surface area contributed by atoms with Crippen molar-refractivity contribution in [3.63, 3.8) is 0 Å². The van der Waals surface area contributed by atoms with Crippen LogP contribution in [0.25, 0.3) is 0 Å². The molecule has 1 fully saturated rings. The Morgan fingerprint density at radius 2 is 1.76 bits per heavy atom. The predicted octanol–water partition coefficient (Wildman–Crippen LogP) is 3.01. The third-order valence-corrected chi connectivity index (χ3v) is 4.71. The molecule has 2 rings (SSSR count). The van der Waals surface area contributed by atoms with Crippen LogP contribution in [0.4, 0.5) is 0 Å². The van der Waals surface area contributed by atoms with E-state index in [0.29, 0.717) is 13.2 Å². The maximum Gasteiger partial charge on any atom is 0.166 e. The zero-order chi connectivity index (χ0) is 15.3. The maximum absolute atomic E-state index is 6.18. The Bertz CT molecular complexity index is 467. The highest BCUT2D eigenvalue weighted by Gasteiger charge is 2.35. The van der Waals surface area contributed by atoms with E-state index in [1.54, 1.807) is 21.3 Å². The van der Waals surface area contributed by atoms with Crippen molar-refractivity contribution in [3.05, 3.63) is 23.3 Å². The van der Waals surface area contributed by atoms with Gasteiger partial charge in [-0.2, -0.15) is 0 Å². The van der Waals surface area contributed by atoms with Gasteiger partial charge >= 0.3 is 0 Å². The topological polar surface area (TPSA) is 53.7 Å². The number of hydrogen-bond donors (Lipinski definition) is 1. The van der Waals surface area contributed by atoms with Gasteiger partial charge in [0, 0.05) is 24.6 Å². The van der Waals surface area contributed by atoms with Crippen LogP contribution < -0.4 is 15.2 Å². The van der Waals surface area contributed by atoms with Gasteiger partial charge in [-0.1, -0.05) is 25.3 Å². The van der Waals surface area contributed by atoms with Crippen LogP contribution in [0.3, 0.4) is 0 Å². The Hall–Kier alpha value is -1.26. The van der Waals surface area contributed by atoms with Crippen molar-refractivity contribution in [2.75, 3.05) is 27.9 Å². The van der Waals surface area contributed by atoms with Crippen LogP contribution in [-0.2, 0) is 16.8 Å². The van der Waals surface area contributed by atoms with Crippen molar-refractivity contribution in [1.82, 2.24) is 0 Å². The van der Waals surface area contributed by atoms with E-state index < -0.39 is 0 Å². The second-order valence-corrected chi connectivity index (χ2v) is 5.81. The number of rotatable bonds is 6. The summed E-state index contributed by atoms with van der Waals surface area (Å²) in [5.41, 5.74) is 8.58. The van der Waals surface area contributed by atoms with E-state index in [1.165, 1.54) is 24.8 Å². The molecule has 21 heavy (non-hydrogen) atoms. The lowest BCUT2D eigenvalue weighted by molar-refractivity contribution is 0.176. The second kappa shape index (κ2) is 7.14. The summed E-state index contributed by atoms with van der Waals surface area (Å²) < 4.78 is 16.4. The molecule has 0 bridgehead atoms. The highest BCUT2D eigenvalue weighted by atomic mass is 16.5. The summed E-state index contributed by atoms with van der Waals surface area (Å²) in [4.78, 5) is 0. The molecule has 1 aliphatic rings. The molecule has 1 aromatic rings. The van der Waals surface area contributed by atoms with Crippen molar-refractivity contribution in [3.8, 4) is 11.5 Å². The fourth-order valence-electron chi connectivity index (χ4n) is 3.59. The minimum Gasteiger partial charge on any atom is -0.493 e. The summed E-state index contributed by atoms with van der Waals surface area (Å²) in [6, 6.07) is 4.13. The lowest BCUT2D eigenvalue weighted by Crippen LogP contribution is -2.38. The summed E-state index contributed by atoms with van der Waals surface area (Å²) in [5, 5.41) is 0. The molecule has 4 heteroatoms. The van der Waals surface area contributed by atoms with Crippen LogP contribution in [0, 0.1) is 0 Å². The normalized spacial score (nSPS) is 17.5. The number of nitrogens with two attached hydrogens (primary N) is 1. The smallest absolute Gasteiger partial charge is 0.166 e. The van der Waals surface area contributed by atoms with Crippen LogP contribution in [0.2, 0.25) is 0 Å². The third kappa shape index (κ3) is 3.01. The molecule has 0 amide bonds. The van der Waals surface area contributed by atoms with Crippen molar-refractivity contribution in [2.24, 2.45) is 5.73 Å². The second-order valence-electron chi connectivity index (χ2n) is 5.81. The molecule has 118 valence electrons. The standard InChI is InChI=1S/C17H27NO3/c1-19-11-13-14(7-8-15(20-2)16(13)21-3)17(12-18)9-5-4-6-10-17/h7-8H,4-6,9-12,18H2,1-3H3. The molecular weight excluding hydrogens is 266 g/mol. The largest absolute Gasteiger partial charge is 0.493 e. The van der Waals surface area contributed by atoms with Crippen LogP contribution >= 0.6 is 0 Å². The van der Waals surface area contributed by atoms with Gasteiger partial charge in [0.1, 0.15) is 0 Å². The van der Waals surface area contributed by atoms with Crippen molar-refractivity contribution in [2.45, 2.75) is 44.1 Å². The lowest BCUT2D eigenvalue weighted by atomic mass is 9.68. The first-order valence-electron chi connectivity index (χ1n) is 7.65. The van der Waals surface area contributed by atoms with Gasteiger partial charge in [-0.25, -0.2) is 0 Å². The monoisotopic (exact) mass is 293 g/mol. The average molecular weight is 293 g/mol. The van der Waals surface area contributed by atoms with E-state index in [0.717, 1.165) is 29.9 Å². The summed E-state index contributed by atoms with van der Waals surface area (Å²) in [6.07, 6.45) is 6.04. The van der Waals surface area contributed by atoms with Gasteiger partial charge < -0.3 is 19.9 Å². The van der Waals surface area contributed by atoms with Gasteiger partial charge in [0.2, 0.25) is 0 Å². The van der Waals surface area contributed by atoms with Crippen molar-refractivity contribution in [1.29, 1.82) is 0 Å². The van der Waals surface area contributed by atoms with E-state index in [2.05, 4.69) is 6.07 Å². The highest BCUT2D eigenvalue weighted by Crippen LogP contribution is 2.45. The number of hydrogen-bond acceptors (Lipinski definition) is 4. The first-order chi connectivity index (χ1) is 10.2. The minimum atomic E-state index is 0.0473. The first-order valence-corrected chi connectivity index (χ1v) is 7.65. The minimum absolute atomic E-state index is 0.0473. The lowest BCUT2D eigenvalue weighted by Gasteiger charge is -2.38. The Labute approximate surface area is 127 Å². The van der Waals surface area contributed by atoms with E-state index >= 15 is 0 Å². The van der Waals surface area contributed by atoms with Crippen molar-refractivity contribution >= 4 is 0 Å². The molecule has 1 saturated carbocycles. The van der Waals surface area contributed by atoms with Gasteiger partial charge in [0.05, 0.1) is 20.8 Å². The number of benzene rings is 1. The zero-order valence-electron chi connectivity index (χ0n) is 13.4. The summed E-state index contributed by atoms with van der Waals surface area (Å²) in [7, 11) is 5.04. The molecule has 2 N–H and O–H groups in total. The third-order valence-electron chi connectivity index (χ3n) is 4.71. The van der Waals surface area contributed by atoms with Gasteiger partial charge in [0.25, 0.3) is 0 Å². The molecular formula is C17H27NO3. The maximum atomic E-state index is 6.18. The first kappa shape index (κ1) is 16.1. The quantitative estimate of drug-likeness (QED) is 0.876. The Morgan fingerprint density at radius 3 is 2.29 bits per heavy atom. The van der Waals surface area contributed by atoms with Crippen LogP contribution in [0.1, 0.15) is 43.2 Å². The Kier molecular flexibility index (Phi) is 5.48. The molecule has 0 spiro atoms. The SMILES string of the molecule is COCc1c(C2(CN)CCCCC2)ccc(OC)c1OC. The molecule has 0 radical (unpaired) electrons. The van der Waals surface area contributed by atoms with E-state index in [9.17, 15) is 0 Å². The van der Waals surface area contributed by atoms with Crippen LogP contribution in [0.15, 0.2) is 12.1 Å². The fourth-order valence-corrected chi connectivity index (χ4v) is 3.59. The molecule has 4 nitrogen and oxygen atoms in total. The Morgan fingerprint density at radius 1 is 1.05 bits per heavy atom. The van der Waals surface area contributed by atoms with E-state index in [1.807, 2.05) is 6.07 Å². The summed E-state index contributed by atoms with van der Waals surface area (Å²) >= 11 is 0. The fraction of sp³-hybridized carbons (Fsp3) is 0.647. The van der Waals surface area contributed by atoms with Crippen molar-refractivity contribution < 1.29 is 14.2 Å². The highest BCUT2D eigenvalue weighted by molar-refractivity contribution is 5.53. The van der Waals surface area contributed by atoms with Gasteiger partial charge in [0.15, 0.2) is 11.5 Å². The van der Waals surface area contributed by atoms with Crippen LogP contribution in [0.5, 0.6) is 11.5 Å². The van der Waals surface area contributed by atoms with Gasteiger partial charge in [-0.05, 0) is 24.5 Å². The average Bonchev–Trinajstić information content (AvgIpc) is 2.55. The van der Waals surface area contributed by atoms with Gasteiger partial charge in [-0.15, -0.1) is 0 Å². The molecule has 0 saturated heterocycles. The van der Waals surface area contributed by atoms with Gasteiger partial charge in [-0.3, -0.25) is 0 Å². The molecule has 1 aliphatic carbocycles. The molecule has 0 aromatic heterocycles. The molecule has 0 aliphatic heterocycles. The number of methoxy groups -OCH3 is 3. The summed E-state index contributed by atoms with van der Waals surface area (Å²) in [6.45, 7) is 1.18. The number of ether oxygens (including phenoxy) is 3. The molecule has 0 atom stereocenters. The molecule has 0 unspecified atom stereocenters. The summed E-state index contributed by atoms with van der Waals surface area (Å²) in [5.74, 6) is 1.52. The predicted molar refractivity (Wildman–Crippen MR) is 84.1 cm³/mol. The molecule has 0 heterocycles. The molecule has 1 aromatic carbocycles. The van der Waals surface area contributed by atoms with E-state index in [-0.39, 0.29) is 5.41 Å². The Balaban J connectivity index is 2.55. The van der Waals surface area contributed by atoms with E-state index in [4.69, 9.17) is 19.9 Å². The van der Waals surface area contributed by atoms with Crippen LogP contribution in [-0.4, -0.2) is 27.9 Å².